The highest BCUT2D eigenvalue weighted by Crippen LogP contribution is 2.35. The molecule has 1 heterocycles. The summed E-state index contributed by atoms with van der Waals surface area (Å²) in [5.74, 6) is -0.133. The molecule has 0 bridgehead atoms. The summed E-state index contributed by atoms with van der Waals surface area (Å²) < 4.78 is 13.0. The lowest BCUT2D eigenvalue weighted by Gasteiger charge is -2.39. The van der Waals surface area contributed by atoms with Gasteiger partial charge in [-0.25, -0.2) is 4.39 Å². The maximum absolute atomic E-state index is 13.0. The van der Waals surface area contributed by atoms with E-state index in [4.69, 9.17) is 0 Å². The van der Waals surface area contributed by atoms with Gasteiger partial charge in [0.1, 0.15) is 5.82 Å². The Labute approximate surface area is 113 Å². The molecule has 19 heavy (non-hydrogen) atoms. The molecule has 104 valence electrons. The minimum Gasteiger partial charge on any atom is -0.359 e. The highest BCUT2D eigenvalue weighted by Gasteiger charge is 2.40. The number of carbonyl (C=O) groups excluding carboxylic acids is 1. The summed E-state index contributed by atoms with van der Waals surface area (Å²) in [6, 6.07) is 6.47. The number of hydrogen-bond donors (Lipinski definition) is 1. The summed E-state index contributed by atoms with van der Waals surface area (Å²) in [6.45, 7) is 1.85. The molecule has 0 radical (unpaired) electrons. The van der Waals surface area contributed by atoms with Gasteiger partial charge in [0.25, 0.3) is 0 Å². The fourth-order valence-corrected chi connectivity index (χ4v) is 2.79. The Balaban J connectivity index is 2.18. The average molecular weight is 264 g/mol. The van der Waals surface area contributed by atoms with Crippen LogP contribution in [-0.2, 0) is 11.2 Å². The molecule has 4 heteroatoms. The second kappa shape index (κ2) is 5.70. The molecule has 0 aromatic heterocycles. The van der Waals surface area contributed by atoms with Crippen LogP contribution in [0.1, 0.15) is 18.4 Å². The third-order valence-electron chi connectivity index (χ3n) is 4.11. The number of likely N-dealkylation sites (tertiary alicyclic amines) is 1. The predicted octanol–water partition coefficient (Wildman–Crippen LogP) is 1.83. The maximum atomic E-state index is 13.0. The molecule has 1 amide bonds. The third kappa shape index (κ3) is 3.13. The minimum atomic E-state index is -0.348. The summed E-state index contributed by atoms with van der Waals surface area (Å²) in [5, 5.41) is 2.79. The average Bonchev–Trinajstić information content (AvgIpc) is 2.43. The molecular formula is C15H21FN2O. The molecule has 1 aliphatic rings. The highest BCUT2D eigenvalue weighted by atomic mass is 19.1. The van der Waals surface area contributed by atoms with E-state index in [9.17, 15) is 9.18 Å². The molecule has 2 rings (SSSR count). The normalized spacial score (nSPS) is 19.1. The third-order valence-corrected chi connectivity index (χ3v) is 4.11. The summed E-state index contributed by atoms with van der Waals surface area (Å²) >= 11 is 0. The Morgan fingerprint density at radius 2 is 1.89 bits per heavy atom. The van der Waals surface area contributed by atoms with Gasteiger partial charge in [-0.05, 0) is 57.1 Å². The van der Waals surface area contributed by atoms with Gasteiger partial charge in [0.2, 0.25) is 5.91 Å². The summed E-state index contributed by atoms with van der Waals surface area (Å²) in [4.78, 5) is 14.5. The molecule has 0 spiro atoms. The zero-order chi connectivity index (χ0) is 13.9. The SMILES string of the molecule is CNC(=O)C1(Cc2ccc(F)cc2)CCN(C)CC1. The summed E-state index contributed by atoms with van der Waals surface area (Å²) in [6.07, 6.45) is 2.38. The van der Waals surface area contributed by atoms with Crippen molar-refractivity contribution in [1.82, 2.24) is 10.2 Å². The topological polar surface area (TPSA) is 32.3 Å². The van der Waals surface area contributed by atoms with E-state index in [2.05, 4.69) is 17.3 Å². The first-order chi connectivity index (χ1) is 9.05. The van der Waals surface area contributed by atoms with Crippen LogP contribution in [0.4, 0.5) is 4.39 Å². The molecule has 1 aromatic rings. The Hall–Kier alpha value is -1.42. The van der Waals surface area contributed by atoms with E-state index in [0.29, 0.717) is 6.42 Å². The number of halogens is 1. The second-order valence-electron chi connectivity index (χ2n) is 5.47. The van der Waals surface area contributed by atoms with Crippen LogP contribution in [0.15, 0.2) is 24.3 Å². The van der Waals surface area contributed by atoms with Gasteiger partial charge in [0, 0.05) is 7.05 Å². The van der Waals surface area contributed by atoms with Crippen molar-refractivity contribution in [2.45, 2.75) is 19.3 Å². The number of amides is 1. The Morgan fingerprint density at radius 3 is 2.42 bits per heavy atom. The van der Waals surface area contributed by atoms with Crippen LogP contribution in [0.2, 0.25) is 0 Å². The number of nitrogens with zero attached hydrogens (tertiary/aromatic N) is 1. The van der Waals surface area contributed by atoms with Crippen LogP contribution in [0.5, 0.6) is 0 Å². The Kier molecular flexibility index (Phi) is 4.20. The van der Waals surface area contributed by atoms with E-state index in [1.807, 2.05) is 0 Å². The van der Waals surface area contributed by atoms with Crippen molar-refractivity contribution >= 4 is 5.91 Å². The Morgan fingerprint density at radius 1 is 1.32 bits per heavy atom. The quantitative estimate of drug-likeness (QED) is 0.903. The first-order valence-electron chi connectivity index (χ1n) is 6.71. The summed E-state index contributed by atoms with van der Waals surface area (Å²) in [5.41, 5.74) is 0.675. The van der Waals surface area contributed by atoms with Crippen LogP contribution in [0, 0.1) is 11.2 Å². The van der Waals surface area contributed by atoms with Crippen LogP contribution >= 0.6 is 0 Å². The van der Waals surface area contributed by atoms with Gasteiger partial charge in [0.05, 0.1) is 5.41 Å². The van der Waals surface area contributed by atoms with E-state index >= 15 is 0 Å². The van der Waals surface area contributed by atoms with Crippen LogP contribution in [-0.4, -0.2) is 38.0 Å². The summed E-state index contributed by atoms with van der Waals surface area (Å²) in [7, 11) is 3.76. The van der Waals surface area contributed by atoms with Gasteiger partial charge in [-0.2, -0.15) is 0 Å². The fraction of sp³-hybridized carbons (Fsp3) is 0.533. The predicted molar refractivity (Wildman–Crippen MR) is 73.3 cm³/mol. The molecule has 0 aliphatic carbocycles. The van der Waals surface area contributed by atoms with Crippen LogP contribution in [0.25, 0.3) is 0 Å². The molecule has 1 fully saturated rings. The zero-order valence-corrected chi connectivity index (χ0v) is 11.6. The molecule has 0 unspecified atom stereocenters. The van der Waals surface area contributed by atoms with E-state index in [1.54, 1.807) is 19.2 Å². The van der Waals surface area contributed by atoms with Crippen molar-refractivity contribution < 1.29 is 9.18 Å². The van der Waals surface area contributed by atoms with Gasteiger partial charge >= 0.3 is 0 Å². The molecule has 0 saturated carbocycles. The first kappa shape index (κ1) is 14.0. The molecule has 3 nitrogen and oxygen atoms in total. The van der Waals surface area contributed by atoms with E-state index < -0.39 is 0 Å². The number of benzene rings is 1. The number of rotatable bonds is 3. The van der Waals surface area contributed by atoms with Gasteiger partial charge in [-0.1, -0.05) is 12.1 Å². The first-order valence-corrected chi connectivity index (χ1v) is 6.71. The molecule has 1 N–H and O–H groups in total. The largest absolute Gasteiger partial charge is 0.359 e. The van der Waals surface area contributed by atoms with Crippen molar-refractivity contribution in [3.05, 3.63) is 35.6 Å². The number of hydrogen-bond acceptors (Lipinski definition) is 2. The molecular weight excluding hydrogens is 243 g/mol. The van der Waals surface area contributed by atoms with Gasteiger partial charge in [-0.15, -0.1) is 0 Å². The Bertz CT molecular complexity index is 436. The van der Waals surface area contributed by atoms with Crippen LogP contribution < -0.4 is 5.32 Å². The zero-order valence-electron chi connectivity index (χ0n) is 11.6. The van der Waals surface area contributed by atoms with Crippen molar-refractivity contribution in [3.8, 4) is 0 Å². The van der Waals surface area contributed by atoms with E-state index in [1.165, 1.54) is 12.1 Å². The van der Waals surface area contributed by atoms with Crippen molar-refractivity contribution in [3.63, 3.8) is 0 Å². The molecule has 1 aliphatic heterocycles. The van der Waals surface area contributed by atoms with Crippen molar-refractivity contribution in [2.75, 3.05) is 27.2 Å². The number of piperidine rings is 1. The van der Waals surface area contributed by atoms with E-state index in [0.717, 1.165) is 31.5 Å². The number of carbonyl (C=O) groups is 1. The lowest BCUT2D eigenvalue weighted by Crippen LogP contribution is -2.48. The highest BCUT2D eigenvalue weighted by molar-refractivity contribution is 5.82. The smallest absolute Gasteiger partial charge is 0.226 e. The van der Waals surface area contributed by atoms with Crippen molar-refractivity contribution in [1.29, 1.82) is 0 Å². The van der Waals surface area contributed by atoms with E-state index in [-0.39, 0.29) is 17.1 Å². The molecule has 0 atom stereocenters. The van der Waals surface area contributed by atoms with Gasteiger partial charge < -0.3 is 10.2 Å². The molecule has 1 saturated heterocycles. The van der Waals surface area contributed by atoms with Crippen LogP contribution in [0.3, 0.4) is 0 Å². The second-order valence-corrected chi connectivity index (χ2v) is 5.47. The maximum Gasteiger partial charge on any atom is 0.226 e. The van der Waals surface area contributed by atoms with Crippen molar-refractivity contribution in [2.24, 2.45) is 5.41 Å². The molecule has 1 aromatic carbocycles. The fourth-order valence-electron chi connectivity index (χ4n) is 2.79. The van der Waals surface area contributed by atoms with Gasteiger partial charge in [0.15, 0.2) is 0 Å². The number of nitrogens with one attached hydrogen (secondary N) is 1. The lowest BCUT2D eigenvalue weighted by molar-refractivity contribution is -0.133. The minimum absolute atomic E-state index is 0.102. The monoisotopic (exact) mass is 264 g/mol. The lowest BCUT2D eigenvalue weighted by atomic mass is 9.73. The van der Waals surface area contributed by atoms with Gasteiger partial charge in [-0.3, -0.25) is 4.79 Å². The standard InChI is InChI=1S/C15H21FN2O/c1-17-14(19)15(7-9-18(2)10-8-15)11-12-3-5-13(16)6-4-12/h3-6H,7-11H2,1-2H3,(H,17,19).